The standard InChI is InChI=1S/C8H8N4O/c1-4-2-3-5-7(10-4)12-6(9)8(13)11-5/h2-3H,1H3,(H,11,13)(H2,9,10,12). The second-order valence-electron chi connectivity index (χ2n) is 2.77. The molecule has 0 aliphatic carbocycles. The zero-order valence-corrected chi connectivity index (χ0v) is 7.03. The molecule has 0 amide bonds. The maximum atomic E-state index is 11.0. The monoisotopic (exact) mass is 176 g/mol. The summed E-state index contributed by atoms with van der Waals surface area (Å²) in [5.41, 5.74) is 6.87. The fourth-order valence-electron chi connectivity index (χ4n) is 1.08. The Morgan fingerprint density at radius 2 is 2.15 bits per heavy atom. The minimum atomic E-state index is -0.377. The lowest BCUT2D eigenvalue weighted by Crippen LogP contribution is -2.14. The van der Waals surface area contributed by atoms with Crippen LogP contribution in [0.5, 0.6) is 0 Å². The van der Waals surface area contributed by atoms with E-state index in [0.29, 0.717) is 11.2 Å². The smallest absolute Gasteiger partial charge is 0.291 e. The Labute approximate surface area is 73.6 Å². The Balaban J connectivity index is 2.89. The average molecular weight is 176 g/mol. The van der Waals surface area contributed by atoms with Gasteiger partial charge in [-0.1, -0.05) is 0 Å². The number of nitrogens with two attached hydrogens (primary N) is 1. The van der Waals surface area contributed by atoms with E-state index < -0.39 is 0 Å². The quantitative estimate of drug-likeness (QED) is 0.600. The molecule has 2 heterocycles. The van der Waals surface area contributed by atoms with E-state index in [1.165, 1.54) is 0 Å². The second kappa shape index (κ2) is 2.55. The minimum absolute atomic E-state index is 0.0504. The highest BCUT2D eigenvalue weighted by atomic mass is 16.1. The van der Waals surface area contributed by atoms with E-state index in [9.17, 15) is 4.79 Å². The minimum Gasteiger partial charge on any atom is -0.379 e. The number of rotatable bonds is 0. The molecule has 0 aromatic carbocycles. The van der Waals surface area contributed by atoms with Gasteiger partial charge in [0, 0.05) is 5.69 Å². The summed E-state index contributed by atoms with van der Waals surface area (Å²) in [7, 11) is 0. The van der Waals surface area contributed by atoms with E-state index in [0.717, 1.165) is 5.69 Å². The Morgan fingerprint density at radius 3 is 2.92 bits per heavy atom. The first-order valence-electron chi connectivity index (χ1n) is 3.80. The van der Waals surface area contributed by atoms with Crippen molar-refractivity contribution in [1.29, 1.82) is 0 Å². The van der Waals surface area contributed by atoms with Gasteiger partial charge < -0.3 is 10.7 Å². The maximum Gasteiger partial charge on any atom is 0.291 e. The van der Waals surface area contributed by atoms with Crippen LogP contribution in [-0.4, -0.2) is 15.0 Å². The summed E-state index contributed by atoms with van der Waals surface area (Å²) in [6.07, 6.45) is 0. The fourth-order valence-corrected chi connectivity index (χ4v) is 1.08. The van der Waals surface area contributed by atoms with Crippen molar-refractivity contribution in [3.05, 3.63) is 28.2 Å². The number of anilines is 1. The van der Waals surface area contributed by atoms with Crippen LogP contribution in [-0.2, 0) is 0 Å². The maximum absolute atomic E-state index is 11.0. The summed E-state index contributed by atoms with van der Waals surface area (Å²) in [5.74, 6) is -0.0504. The zero-order valence-electron chi connectivity index (χ0n) is 7.03. The molecule has 0 aliphatic heterocycles. The zero-order chi connectivity index (χ0) is 9.42. The van der Waals surface area contributed by atoms with Gasteiger partial charge in [0.2, 0.25) is 0 Å². The number of H-pyrrole nitrogens is 1. The molecule has 0 atom stereocenters. The number of nitrogens with one attached hydrogen (secondary N) is 1. The van der Waals surface area contributed by atoms with Gasteiger partial charge in [-0.2, -0.15) is 0 Å². The fraction of sp³-hybridized carbons (Fsp3) is 0.125. The van der Waals surface area contributed by atoms with Crippen molar-refractivity contribution in [3.63, 3.8) is 0 Å². The highest BCUT2D eigenvalue weighted by molar-refractivity contribution is 5.70. The number of aromatic nitrogens is 3. The summed E-state index contributed by atoms with van der Waals surface area (Å²) in [5, 5.41) is 0. The Bertz CT molecular complexity index is 517. The van der Waals surface area contributed by atoms with Crippen LogP contribution >= 0.6 is 0 Å². The molecule has 0 aliphatic rings. The number of pyridine rings is 1. The van der Waals surface area contributed by atoms with Gasteiger partial charge in [0.05, 0.1) is 5.52 Å². The second-order valence-corrected chi connectivity index (χ2v) is 2.77. The number of nitrogen functional groups attached to an aromatic ring is 1. The summed E-state index contributed by atoms with van der Waals surface area (Å²) < 4.78 is 0. The summed E-state index contributed by atoms with van der Waals surface area (Å²) >= 11 is 0. The van der Waals surface area contributed by atoms with Crippen LogP contribution in [0.25, 0.3) is 11.2 Å². The number of hydrogen-bond donors (Lipinski definition) is 2. The molecule has 5 heteroatoms. The summed E-state index contributed by atoms with van der Waals surface area (Å²) in [4.78, 5) is 21.6. The van der Waals surface area contributed by atoms with Crippen LogP contribution in [0.15, 0.2) is 16.9 Å². The molecule has 2 aromatic rings. The first-order valence-corrected chi connectivity index (χ1v) is 3.80. The predicted octanol–water partition coefficient (Wildman–Crippen LogP) is 0.209. The lowest BCUT2D eigenvalue weighted by Gasteiger charge is -1.97. The van der Waals surface area contributed by atoms with E-state index in [2.05, 4.69) is 15.0 Å². The Morgan fingerprint density at radius 1 is 1.38 bits per heavy atom. The molecule has 0 spiro atoms. The molecule has 66 valence electrons. The molecule has 5 nitrogen and oxygen atoms in total. The van der Waals surface area contributed by atoms with Gasteiger partial charge in [0.15, 0.2) is 11.5 Å². The molecule has 2 rings (SSSR count). The van der Waals surface area contributed by atoms with Crippen LogP contribution in [0, 0.1) is 6.92 Å². The van der Waals surface area contributed by atoms with Gasteiger partial charge in [-0.15, -0.1) is 0 Å². The normalized spacial score (nSPS) is 10.5. The first kappa shape index (κ1) is 7.72. The van der Waals surface area contributed by atoms with E-state index in [-0.39, 0.29) is 11.4 Å². The largest absolute Gasteiger partial charge is 0.379 e. The lowest BCUT2D eigenvalue weighted by atomic mass is 10.3. The summed E-state index contributed by atoms with van der Waals surface area (Å²) in [6, 6.07) is 3.56. The molecule has 0 fully saturated rings. The van der Waals surface area contributed by atoms with Gasteiger partial charge in [0.25, 0.3) is 5.56 Å². The van der Waals surface area contributed by atoms with Crippen molar-refractivity contribution in [2.24, 2.45) is 0 Å². The van der Waals surface area contributed by atoms with Crippen LogP contribution in [0.3, 0.4) is 0 Å². The third kappa shape index (κ3) is 1.24. The molecule has 0 bridgehead atoms. The van der Waals surface area contributed by atoms with Crippen LogP contribution < -0.4 is 11.3 Å². The van der Waals surface area contributed by atoms with Crippen molar-refractivity contribution < 1.29 is 0 Å². The number of aryl methyl sites for hydroxylation is 1. The molecule has 0 saturated carbocycles. The highest BCUT2D eigenvalue weighted by Gasteiger charge is 2.01. The highest BCUT2D eigenvalue weighted by Crippen LogP contribution is 2.05. The number of hydrogen-bond acceptors (Lipinski definition) is 4. The van der Waals surface area contributed by atoms with Gasteiger partial charge in [0.1, 0.15) is 0 Å². The molecule has 0 saturated heterocycles. The third-order valence-corrected chi connectivity index (χ3v) is 1.72. The SMILES string of the molecule is Cc1ccc2[nH]c(=O)c(N)nc2n1. The van der Waals surface area contributed by atoms with E-state index in [4.69, 9.17) is 5.73 Å². The van der Waals surface area contributed by atoms with Gasteiger partial charge in [-0.05, 0) is 19.1 Å². The van der Waals surface area contributed by atoms with Crippen LogP contribution in [0.1, 0.15) is 5.69 Å². The first-order chi connectivity index (χ1) is 6.16. The molecule has 0 unspecified atom stereocenters. The molecular weight excluding hydrogens is 168 g/mol. The van der Waals surface area contributed by atoms with E-state index in [1.54, 1.807) is 12.1 Å². The number of aromatic amines is 1. The van der Waals surface area contributed by atoms with Crippen molar-refractivity contribution in [2.45, 2.75) is 6.92 Å². The molecular formula is C8H8N4O. The molecule has 13 heavy (non-hydrogen) atoms. The molecule has 0 radical (unpaired) electrons. The van der Waals surface area contributed by atoms with E-state index >= 15 is 0 Å². The average Bonchev–Trinajstić information content (AvgIpc) is 2.08. The van der Waals surface area contributed by atoms with Gasteiger partial charge in [-0.3, -0.25) is 4.79 Å². The molecule has 2 aromatic heterocycles. The Hall–Kier alpha value is -1.91. The Kier molecular flexibility index (Phi) is 1.51. The molecule has 3 N–H and O–H groups in total. The lowest BCUT2D eigenvalue weighted by molar-refractivity contribution is 1.15. The van der Waals surface area contributed by atoms with Crippen molar-refractivity contribution in [3.8, 4) is 0 Å². The summed E-state index contributed by atoms with van der Waals surface area (Å²) in [6.45, 7) is 1.85. The van der Waals surface area contributed by atoms with Crippen LogP contribution in [0.4, 0.5) is 5.82 Å². The van der Waals surface area contributed by atoms with Gasteiger partial charge in [-0.25, -0.2) is 9.97 Å². The van der Waals surface area contributed by atoms with Crippen LogP contribution in [0.2, 0.25) is 0 Å². The van der Waals surface area contributed by atoms with Crippen molar-refractivity contribution in [2.75, 3.05) is 5.73 Å². The van der Waals surface area contributed by atoms with E-state index in [1.807, 2.05) is 6.92 Å². The topological polar surface area (TPSA) is 84.7 Å². The van der Waals surface area contributed by atoms with Crippen molar-refractivity contribution >= 4 is 17.0 Å². The predicted molar refractivity (Wildman–Crippen MR) is 49.3 cm³/mol. The number of fused-ring (bicyclic) bond motifs is 1. The van der Waals surface area contributed by atoms with Gasteiger partial charge >= 0.3 is 0 Å². The number of nitrogens with zero attached hydrogens (tertiary/aromatic N) is 2. The third-order valence-electron chi connectivity index (χ3n) is 1.72. The van der Waals surface area contributed by atoms with Crippen molar-refractivity contribution in [1.82, 2.24) is 15.0 Å².